The second kappa shape index (κ2) is 6.08. The average Bonchev–Trinajstić information content (AvgIpc) is 2.86. The summed E-state index contributed by atoms with van der Waals surface area (Å²) in [6.07, 6.45) is 3.31. The SMILES string of the molecule is CC#CC(=O)N1CCC[C@@H](n2nc(I)c3c(N)ncnc32)C1. The summed E-state index contributed by atoms with van der Waals surface area (Å²) in [5.74, 6) is 5.56. The number of carbonyl (C=O) groups excluding carboxylic acids is 1. The molecule has 0 bridgehead atoms. The fourth-order valence-electron chi connectivity index (χ4n) is 2.73. The fourth-order valence-corrected chi connectivity index (χ4v) is 3.48. The zero-order chi connectivity index (χ0) is 15.7. The van der Waals surface area contributed by atoms with Crippen molar-refractivity contribution in [1.29, 1.82) is 0 Å². The van der Waals surface area contributed by atoms with Gasteiger partial charge in [0.15, 0.2) is 5.65 Å². The van der Waals surface area contributed by atoms with Gasteiger partial charge in [-0.25, -0.2) is 14.6 Å². The van der Waals surface area contributed by atoms with E-state index in [1.165, 1.54) is 6.33 Å². The fraction of sp³-hybridized carbons (Fsp3) is 0.429. The van der Waals surface area contributed by atoms with Crippen LogP contribution in [0, 0.1) is 15.5 Å². The lowest BCUT2D eigenvalue weighted by Crippen LogP contribution is -2.40. The number of anilines is 1. The van der Waals surface area contributed by atoms with Crippen LogP contribution in [0.25, 0.3) is 11.0 Å². The zero-order valence-electron chi connectivity index (χ0n) is 12.1. The van der Waals surface area contributed by atoms with E-state index in [2.05, 4.69) is 49.5 Å². The van der Waals surface area contributed by atoms with E-state index >= 15 is 0 Å². The number of hydrogen-bond acceptors (Lipinski definition) is 5. The minimum atomic E-state index is -0.132. The summed E-state index contributed by atoms with van der Waals surface area (Å²) >= 11 is 2.14. The minimum absolute atomic E-state index is 0.0803. The standard InChI is InChI=1S/C14H15IN6O/c1-2-4-10(22)20-6-3-5-9(7-20)21-14-11(12(15)19-21)13(16)17-8-18-14/h8-9H,3,5-7H2,1H3,(H2,16,17,18)/t9-/m1/s1. The first-order chi connectivity index (χ1) is 10.6. The van der Waals surface area contributed by atoms with Gasteiger partial charge < -0.3 is 10.6 Å². The number of aromatic nitrogens is 4. The summed E-state index contributed by atoms with van der Waals surface area (Å²) in [5, 5.41) is 5.34. The van der Waals surface area contributed by atoms with Gasteiger partial charge in [-0.05, 0) is 48.3 Å². The van der Waals surface area contributed by atoms with Gasteiger partial charge in [0.05, 0.1) is 11.4 Å². The van der Waals surface area contributed by atoms with Crippen LogP contribution in [0.5, 0.6) is 0 Å². The highest BCUT2D eigenvalue weighted by Gasteiger charge is 2.27. The summed E-state index contributed by atoms with van der Waals surface area (Å²) in [7, 11) is 0. The van der Waals surface area contributed by atoms with E-state index in [1.54, 1.807) is 11.8 Å². The number of rotatable bonds is 1. The van der Waals surface area contributed by atoms with Gasteiger partial charge in [-0.15, -0.1) is 0 Å². The van der Waals surface area contributed by atoms with Crippen molar-refractivity contribution >= 4 is 45.3 Å². The number of piperidine rings is 1. The van der Waals surface area contributed by atoms with Crippen molar-refractivity contribution in [2.24, 2.45) is 0 Å². The van der Waals surface area contributed by atoms with Crippen LogP contribution in [0.2, 0.25) is 0 Å². The molecule has 0 radical (unpaired) electrons. The Bertz CT molecular complexity index is 790. The van der Waals surface area contributed by atoms with Gasteiger partial charge in [-0.3, -0.25) is 4.79 Å². The van der Waals surface area contributed by atoms with Crippen molar-refractivity contribution in [1.82, 2.24) is 24.6 Å². The molecule has 0 saturated carbocycles. The van der Waals surface area contributed by atoms with E-state index in [9.17, 15) is 4.79 Å². The molecular formula is C14H15IN6O. The van der Waals surface area contributed by atoms with Gasteiger partial charge >= 0.3 is 0 Å². The highest BCUT2D eigenvalue weighted by atomic mass is 127. The molecule has 0 unspecified atom stereocenters. The summed E-state index contributed by atoms with van der Waals surface area (Å²) < 4.78 is 2.65. The molecule has 7 nitrogen and oxygen atoms in total. The van der Waals surface area contributed by atoms with Crippen LogP contribution in [0.15, 0.2) is 6.33 Å². The number of carbonyl (C=O) groups is 1. The Kier molecular flexibility index (Phi) is 4.15. The highest BCUT2D eigenvalue weighted by Crippen LogP contribution is 2.28. The number of likely N-dealkylation sites (tertiary alicyclic amines) is 1. The first kappa shape index (κ1) is 15.0. The molecular weight excluding hydrogens is 395 g/mol. The molecule has 0 aliphatic carbocycles. The Morgan fingerprint density at radius 3 is 3.09 bits per heavy atom. The van der Waals surface area contributed by atoms with E-state index in [1.807, 2.05) is 4.68 Å². The lowest BCUT2D eigenvalue weighted by atomic mass is 10.1. The van der Waals surface area contributed by atoms with Crippen LogP contribution in [-0.4, -0.2) is 43.6 Å². The number of nitrogens with zero attached hydrogens (tertiary/aromatic N) is 5. The number of amides is 1. The molecule has 1 atom stereocenters. The minimum Gasteiger partial charge on any atom is -0.383 e. The second-order valence-electron chi connectivity index (χ2n) is 5.12. The van der Waals surface area contributed by atoms with E-state index < -0.39 is 0 Å². The third-order valence-corrected chi connectivity index (χ3v) is 4.49. The predicted molar refractivity (Wildman–Crippen MR) is 90.8 cm³/mol. The van der Waals surface area contributed by atoms with Crippen LogP contribution in [-0.2, 0) is 4.79 Å². The third kappa shape index (κ3) is 2.61. The molecule has 3 rings (SSSR count). The Morgan fingerprint density at radius 2 is 2.32 bits per heavy atom. The molecule has 3 heterocycles. The van der Waals surface area contributed by atoms with E-state index in [0.29, 0.717) is 12.4 Å². The first-order valence-corrected chi connectivity index (χ1v) is 8.05. The molecule has 1 aliphatic heterocycles. The Hall–Kier alpha value is -1.89. The topological polar surface area (TPSA) is 89.9 Å². The summed E-state index contributed by atoms with van der Waals surface area (Å²) in [5.41, 5.74) is 6.64. The maximum atomic E-state index is 12.0. The maximum absolute atomic E-state index is 12.0. The van der Waals surface area contributed by atoms with Gasteiger partial charge in [-0.2, -0.15) is 5.10 Å². The van der Waals surface area contributed by atoms with E-state index in [4.69, 9.17) is 5.73 Å². The molecule has 1 amide bonds. The van der Waals surface area contributed by atoms with Gasteiger partial charge in [0, 0.05) is 13.1 Å². The molecule has 8 heteroatoms. The normalized spacial score (nSPS) is 18.1. The summed E-state index contributed by atoms with van der Waals surface area (Å²) in [4.78, 5) is 22.1. The average molecular weight is 410 g/mol. The van der Waals surface area contributed by atoms with Crippen LogP contribution >= 0.6 is 22.6 Å². The molecule has 1 aliphatic rings. The number of fused-ring (bicyclic) bond motifs is 1. The highest BCUT2D eigenvalue weighted by molar-refractivity contribution is 14.1. The molecule has 2 N–H and O–H groups in total. The van der Waals surface area contributed by atoms with Gasteiger partial charge in [0.1, 0.15) is 15.8 Å². The van der Waals surface area contributed by atoms with Gasteiger partial charge in [0.25, 0.3) is 5.91 Å². The molecule has 22 heavy (non-hydrogen) atoms. The number of nitrogen functional groups attached to an aromatic ring is 1. The van der Waals surface area contributed by atoms with E-state index in [0.717, 1.165) is 34.1 Å². The van der Waals surface area contributed by atoms with Crippen molar-refractivity contribution in [3.8, 4) is 11.8 Å². The Balaban J connectivity index is 1.95. The van der Waals surface area contributed by atoms with Crippen LogP contribution in [0.3, 0.4) is 0 Å². The Labute approximate surface area is 141 Å². The van der Waals surface area contributed by atoms with Crippen molar-refractivity contribution in [2.75, 3.05) is 18.8 Å². The molecule has 2 aromatic heterocycles. The lowest BCUT2D eigenvalue weighted by molar-refractivity contribution is -0.126. The molecule has 1 fully saturated rings. The summed E-state index contributed by atoms with van der Waals surface area (Å²) in [6, 6.07) is 0.0803. The number of hydrogen-bond donors (Lipinski definition) is 1. The molecule has 1 saturated heterocycles. The molecule has 0 aromatic carbocycles. The Morgan fingerprint density at radius 1 is 1.50 bits per heavy atom. The van der Waals surface area contributed by atoms with Crippen molar-refractivity contribution in [3.63, 3.8) is 0 Å². The molecule has 2 aromatic rings. The summed E-state index contributed by atoms with van der Waals surface area (Å²) in [6.45, 7) is 2.99. The maximum Gasteiger partial charge on any atom is 0.298 e. The van der Waals surface area contributed by atoms with Crippen molar-refractivity contribution < 1.29 is 4.79 Å². The van der Waals surface area contributed by atoms with Gasteiger partial charge in [0.2, 0.25) is 0 Å². The van der Waals surface area contributed by atoms with Crippen LogP contribution in [0.1, 0.15) is 25.8 Å². The van der Waals surface area contributed by atoms with Crippen LogP contribution < -0.4 is 5.73 Å². The number of halogens is 1. The smallest absolute Gasteiger partial charge is 0.298 e. The number of nitrogens with two attached hydrogens (primary N) is 1. The monoisotopic (exact) mass is 410 g/mol. The van der Waals surface area contributed by atoms with Crippen LogP contribution in [0.4, 0.5) is 5.82 Å². The predicted octanol–water partition coefficient (Wildman–Crippen LogP) is 1.20. The zero-order valence-corrected chi connectivity index (χ0v) is 14.2. The second-order valence-corrected chi connectivity index (χ2v) is 6.14. The van der Waals surface area contributed by atoms with Crippen molar-refractivity contribution in [2.45, 2.75) is 25.8 Å². The van der Waals surface area contributed by atoms with Gasteiger partial charge in [-0.1, -0.05) is 5.92 Å². The molecule has 114 valence electrons. The van der Waals surface area contributed by atoms with E-state index in [-0.39, 0.29) is 11.9 Å². The quantitative estimate of drug-likeness (QED) is 0.564. The third-order valence-electron chi connectivity index (χ3n) is 3.74. The molecule has 0 spiro atoms. The first-order valence-electron chi connectivity index (χ1n) is 6.97. The van der Waals surface area contributed by atoms with Crippen molar-refractivity contribution in [3.05, 3.63) is 10.0 Å². The lowest BCUT2D eigenvalue weighted by Gasteiger charge is -2.31. The largest absolute Gasteiger partial charge is 0.383 e.